The summed E-state index contributed by atoms with van der Waals surface area (Å²) in [4.78, 5) is 19.2. The molecule has 1 amide bonds. The van der Waals surface area contributed by atoms with Gasteiger partial charge >= 0.3 is 0 Å². The van der Waals surface area contributed by atoms with Crippen LogP contribution in [0.25, 0.3) is 11.4 Å². The maximum atomic E-state index is 12.5. The molecule has 2 heterocycles. The lowest BCUT2D eigenvalue weighted by Gasteiger charge is -2.30. The second-order valence-electron chi connectivity index (χ2n) is 7.63. The molecule has 2 aromatic carbocycles. The highest BCUT2D eigenvalue weighted by molar-refractivity contribution is 5.78. The van der Waals surface area contributed by atoms with Crippen LogP contribution in [0, 0.1) is 12.8 Å². The maximum absolute atomic E-state index is 12.5. The van der Waals surface area contributed by atoms with Crippen LogP contribution in [0.2, 0.25) is 0 Å². The summed E-state index contributed by atoms with van der Waals surface area (Å²) >= 11 is 0. The van der Waals surface area contributed by atoms with E-state index in [9.17, 15) is 4.79 Å². The number of likely N-dealkylation sites (tertiary alicyclic amines) is 1. The molecule has 1 aliphatic heterocycles. The van der Waals surface area contributed by atoms with Crippen LogP contribution in [0.1, 0.15) is 29.9 Å². The number of amides is 1. The summed E-state index contributed by atoms with van der Waals surface area (Å²) < 4.78 is 5.43. The van der Waals surface area contributed by atoms with Crippen molar-refractivity contribution in [3.8, 4) is 11.4 Å². The Kier molecular flexibility index (Phi) is 6.00. The van der Waals surface area contributed by atoms with Crippen LogP contribution in [0.4, 0.5) is 0 Å². The highest BCUT2D eigenvalue weighted by Gasteiger charge is 2.25. The zero-order valence-electron chi connectivity index (χ0n) is 16.7. The molecule has 6 nitrogen and oxygen atoms in total. The Balaban J connectivity index is 1.25. The zero-order chi connectivity index (χ0) is 20.1. The minimum absolute atomic E-state index is 0.0702. The van der Waals surface area contributed by atoms with E-state index in [0.29, 0.717) is 24.8 Å². The van der Waals surface area contributed by atoms with E-state index in [-0.39, 0.29) is 11.8 Å². The second-order valence-corrected chi connectivity index (χ2v) is 7.63. The molecule has 0 atom stereocenters. The van der Waals surface area contributed by atoms with E-state index >= 15 is 0 Å². The van der Waals surface area contributed by atoms with E-state index in [1.165, 1.54) is 5.56 Å². The van der Waals surface area contributed by atoms with Crippen molar-refractivity contribution in [2.24, 2.45) is 5.92 Å². The van der Waals surface area contributed by atoms with Gasteiger partial charge in [0.25, 0.3) is 0 Å². The van der Waals surface area contributed by atoms with E-state index in [0.717, 1.165) is 37.1 Å². The molecule has 0 aliphatic carbocycles. The van der Waals surface area contributed by atoms with Gasteiger partial charge in [0.05, 0.1) is 6.54 Å². The lowest BCUT2D eigenvalue weighted by Crippen LogP contribution is -2.40. The van der Waals surface area contributed by atoms with Gasteiger partial charge in [0.1, 0.15) is 0 Å². The van der Waals surface area contributed by atoms with Gasteiger partial charge in [-0.05, 0) is 38.4 Å². The van der Waals surface area contributed by atoms with Crippen molar-refractivity contribution in [3.63, 3.8) is 0 Å². The molecule has 4 rings (SSSR count). The molecule has 1 saturated heterocycles. The lowest BCUT2D eigenvalue weighted by atomic mass is 9.96. The first-order valence-electron chi connectivity index (χ1n) is 10.1. The summed E-state index contributed by atoms with van der Waals surface area (Å²) in [6.07, 6.45) is 1.69. The zero-order valence-corrected chi connectivity index (χ0v) is 16.7. The first kappa shape index (κ1) is 19.3. The third kappa shape index (κ3) is 5.09. The highest BCUT2D eigenvalue weighted by atomic mass is 16.5. The molecule has 0 radical (unpaired) electrons. The van der Waals surface area contributed by atoms with E-state index < -0.39 is 0 Å². The molecule has 0 bridgehead atoms. The molecular formula is C23H26N4O2. The summed E-state index contributed by atoms with van der Waals surface area (Å²) in [5, 5.41) is 7.16. The fraction of sp³-hybridized carbons (Fsp3) is 0.348. The van der Waals surface area contributed by atoms with Crippen molar-refractivity contribution in [1.82, 2.24) is 20.4 Å². The van der Waals surface area contributed by atoms with Crippen LogP contribution in [0.5, 0.6) is 0 Å². The predicted octanol–water partition coefficient (Wildman–Crippen LogP) is 3.57. The Morgan fingerprint density at radius 3 is 2.55 bits per heavy atom. The third-order valence-electron chi connectivity index (χ3n) is 5.40. The summed E-state index contributed by atoms with van der Waals surface area (Å²) in [5.74, 6) is 1.46. The number of hydrogen-bond donors (Lipinski definition) is 1. The molecule has 1 aliphatic rings. The Labute approximate surface area is 170 Å². The SMILES string of the molecule is Cc1ccc(-c2noc(CN3CCC(C(=O)NCc4ccccc4)CC3)n2)cc1. The number of piperidine rings is 1. The van der Waals surface area contributed by atoms with Gasteiger partial charge < -0.3 is 9.84 Å². The fourth-order valence-electron chi connectivity index (χ4n) is 3.61. The number of nitrogens with one attached hydrogen (secondary N) is 1. The molecule has 3 aromatic rings. The molecule has 1 aromatic heterocycles. The van der Waals surface area contributed by atoms with Gasteiger partial charge in [0, 0.05) is 18.0 Å². The van der Waals surface area contributed by atoms with Gasteiger partial charge in [-0.1, -0.05) is 65.3 Å². The number of rotatable bonds is 6. The van der Waals surface area contributed by atoms with Gasteiger partial charge in [0.2, 0.25) is 17.6 Å². The van der Waals surface area contributed by atoms with Gasteiger partial charge in [0.15, 0.2) is 0 Å². The molecule has 150 valence electrons. The van der Waals surface area contributed by atoms with Crippen molar-refractivity contribution in [1.29, 1.82) is 0 Å². The molecule has 29 heavy (non-hydrogen) atoms. The topological polar surface area (TPSA) is 71.3 Å². The normalized spacial score (nSPS) is 15.3. The maximum Gasteiger partial charge on any atom is 0.241 e. The number of carbonyl (C=O) groups excluding carboxylic acids is 1. The largest absolute Gasteiger partial charge is 0.352 e. The summed E-state index contributed by atoms with van der Waals surface area (Å²) in [6, 6.07) is 18.1. The highest BCUT2D eigenvalue weighted by Crippen LogP contribution is 2.21. The fourth-order valence-corrected chi connectivity index (χ4v) is 3.61. The van der Waals surface area contributed by atoms with Crippen molar-refractivity contribution < 1.29 is 9.32 Å². The van der Waals surface area contributed by atoms with Crippen molar-refractivity contribution in [2.75, 3.05) is 13.1 Å². The average Bonchev–Trinajstić information content (AvgIpc) is 3.22. The number of aromatic nitrogens is 2. The monoisotopic (exact) mass is 390 g/mol. The minimum atomic E-state index is 0.0702. The summed E-state index contributed by atoms with van der Waals surface area (Å²) in [6.45, 7) is 4.97. The van der Waals surface area contributed by atoms with Crippen LogP contribution in [-0.4, -0.2) is 34.0 Å². The minimum Gasteiger partial charge on any atom is -0.352 e. The quantitative estimate of drug-likeness (QED) is 0.697. The standard InChI is InChI=1S/C23H26N4O2/c1-17-7-9-19(10-8-17)22-25-21(29-26-22)16-27-13-11-20(12-14-27)23(28)24-15-18-5-3-2-4-6-18/h2-10,20H,11-16H2,1H3,(H,24,28). The van der Waals surface area contributed by atoms with E-state index in [1.807, 2.05) is 54.6 Å². The molecule has 1 fully saturated rings. The van der Waals surface area contributed by atoms with E-state index in [1.54, 1.807) is 0 Å². The Morgan fingerprint density at radius 2 is 1.83 bits per heavy atom. The Hall–Kier alpha value is -2.99. The van der Waals surface area contributed by atoms with Crippen molar-refractivity contribution in [2.45, 2.75) is 32.9 Å². The second kappa shape index (κ2) is 9.01. The molecule has 6 heteroatoms. The third-order valence-corrected chi connectivity index (χ3v) is 5.40. The molecule has 0 unspecified atom stereocenters. The Bertz CT molecular complexity index is 929. The average molecular weight is 390 g/mol. The number of nitrogens with zero attached hydrogens (tertiary/aromatic N) is 3. The number of hydrogen-bond acceptors (Lipinski definition) is 5. The van der Waals surface area contributed by atoms with Gasteiger partial charge in [-0.2, -0.15) is 4.98 Å². The Morgan fingerprint density at radius 1 is 1.10 bits per heavy atom. The van der Waals surface area contributed by atoms with Crippen LogP contribution < -0.4 is 5.32 Å². The summed E-state index contributed by atoms with van der Waals surface area (Å²) in [7, 11) is 0. The van der Waals surface area contributed by atoms with Crippen LogP contribution in [0.15, 0.2) is 59.1 Å². The van der Waals surface area contributed by atoms with E-state index in [4.69, 9.17) is 4.52 Å². The van der Waals surface area contributed by atoms with Crippen LogP contribution in [0.3, 0.4) is 0 Å². The van der Waals surface area contributed by atoms with Gasteiger partial charge in [-0.3, -0.25) is 9.69 Å². The molecule has 1 N–H and O–H groups in total. The number of aryl methyl sites for hydroxylation is 1. The number of carbonyl (C=O) groups is 1. The number of benzene rings is 2. The van der Waals surface area contributed by atoms with Crippen LogP contribution in [-0.2, 0) is 17.9 Å². The summed E-state index contributed by atoms with van der Waals surface area (Å²) in [5.41, 5.74) is 3.28. The van der Waals surface area contributed by atoms with E-state index in [2.05, 4.69) is 27.3 Å². The molecule has 0 spiro atoms. The molecular weight excluding hydrogens is 364 g/mol. The van der Waals surface area contributed by atoms with Gasteiger partial charge in [-0.15, -0.1) is 0 Å². The van der Waals surface area contributed by atoms with Crippen LogP contribution >= 0.6 is 0 Å². The molecule has 0 saturated carbocycles. The first-order chi connectivity index (χ1) is 14.2. The van der Waals surface area contributed by atoms with Gasteiger partial charge in [-0.25, -0.2) is 0 Å². The first-order valence-corrected chi connectivity index (χ1v) is 10.1. The smallest absolute Gasteiger partial charge is 0.241 e. The van der Waals surface area contributed by atoms with Crippen molar-refractivity contribution >= 4 is 5.91 Å². The van der Waals surface area contributed by atoms with Crippen molar-refractivity contribution in [3.05, 3.63) is 71.6 Å². The lowest BCUT2D eigenvalue weighted by molar-refractivity contribution is -0.126. The predicted molar refractivity (Wildman–Crippen MR) is 111 cm³/mol.